The van der Waals surface area contributed by atoms with Crippen molar-refractivity contribution in [2.24, 2.45) is 5.92 Å². The molecule has 0 bridgehead atoms. The zero-order chi connectivity index (χ0) is 12.1. The van der Waals surface area contributed by atoms with Crippen LogP contribution >= 0.6 is 11.6 Å². The fourth-order valence-corrected chi connectivity index (χ4v) is 1.42. The molecule has 2 nitrogen and oxygen atoms in total. The van der Waals surface area contributed by atoms with Crippen molar-refractivity contribution in [1.82, 2.24) is 5.32 Å². The lowest BCUT2D eigenvalue weighted by molar-refractivity contribution is 0.0949. The third-order valence-corrected chi connectivity index (χ3v) is 3.17. The van der Waals surface area contributed by atoms with Crippen molar-refractivity contribution in [2.45, 2.75) is 20.8 Å². The normalized spacial score (nSPS) is 12.2. The molecular weight excluding hydrogens is 222 g/mol. The van der Waals surface area contributed by atoms with Gasteiger partial charge in [-0.1, -0.05) is 13.0 Å². The number of halogens is 1. The van der Waals surface area contributed by atoms with E-state index in [2.05, 4.69) is 5.32 Å². The van der Waals surface area contributed by atoms with Gasteiger partial charge >= 0.3 is 0 Å². The summed E-state index contributed by atoms with van der Waals surface area (Å²) in [7, 11) is 0. The zero-order valence-electron chi connectivity index (χ0n) is 10.0. The molecule has 0 aliphatic carbocycles. The molecule has 0 saturated heterocycles. The molecule has 3 heteroatoms. The van der Waals surface area contributed by atoms with Gasteiger partial charge in [0.2, 0.25) is 0 Å². The molecule has 16 heavy (non-hydrogen) atoms. The van der Waals surface area contributed by atoms with Crippen LogP contribution in [0.1, 0.15) is 28.4 Å². The molecule has 0 aliphatic rings. The van der Waals surface area contributed by atoms with Gasteiger partial charge in [-0.25, -0.2) is 0 Å². The number of alkyl halides is 1. The Hall–Kier alpha value is -1.02. The minimum absolute atomic E-state index is 0.0277. The minimum atomic E-state index is -0.0277. The number of hydrogen-bond acceptors (Lipinski definition) is 1. The topological polar surface area (TPSA) is 29.1 Å². The van der Waals surface area contributed by atoms with Crippen LogP contribution in [0.4, 0.5) is 0 Å². The van der Waals surface area contributed by atoms with Gasteiger partial charge in [-0.3, -0.25) is 4.79 Å². The zero-order valence-corrected chi connectivity index (χ0v) is 10.8. The van der Waals surface area contributed by atoms with Gasteiger partial charge in [0, 0.05) is 18.0 Å². The van der Waals surface area contributed by atoms with Gasteiger partial charge in [0.25, 0.3) is 5.91 Å². The average Bonchev–Trinajstić information content (AvgIpc) is 2.29. The van der Waals surface area contributed by atoms with Crippen molar-refractivity contribution in [2.75, 3.05) is 12.4 Å². The molecule has 1 aromatic rings. The molecule has 0 aliphatic heterocycles. The Labute approximate surface area is 102 Å². The van der Waals surface area contributed by atoms with Gasteiger partial charge in [0.15, 0.2) is 0 Å². The highest BCUT2D eigenvalue weighted by molar-refractivity contribution is 6.18. The first-order chi connectivity index (χ1) is 7.54. The molecule has 0 radical (unpaired) electrons. The maximum Gasteiger partial charge on any atom is 0.251 e. The summed E-state index contributed by atoms with van der Waals surface area (Å²) in [5, 5.41) is 2.87. The van der Waals surface area contributed by atoms with Crippen LogP contribution in [0, 0.1) is 19.8 Å². The molecule has 1 aromatic carbocycles. The molecule has 0 saturated carbocycles. The third kappa shape index (κ3) is 3.53. The summed E-state index contributed by atoms with van der Waals surface area (Å²) in [5.74, 6) is 0.838. The van der Waals surface area contributed by atoms with E-state index in [9.17, 15) is 4.79 Å². The lowest BCUT2D eigenvalue weighted by atomic mass is 10.1. The SMILES string of the molecule is Cc1ccc(C(=O)NCC(C)CCl)cc1C. The third-order valence-electron chi connectivity index (χ3n) is 2.64. The second-order valence-corrected chi connectivity index (χ2v) is 4.58. The summed E-state index contributed by atoms with van der Waals surface area (Å²) in [6.07, 6.45) is 0. The van der Waals surface area contributed by atoms with E-state index in [4.69, 9.17) is 11.6 Å². The molecule has 1 N–H and O–H groups in total. The Bertz CT molecular complexity index is 376. The molecule has 0 spiro atoms. The van der Waals surface area contributed by atoms with E-state index >= 15 is 0 Å². The number of benzene rings is 1. The summed E-state index contributed by atoms with van der Waals surface area (Å²) in [4.78, 5) is 11.8. The summed E-state index contributed by atoms with van der Waals surface area (Å²) in [6.45, 7) is 6.67. The fourth-order valence-electron chi connectivity index (χ4n) is 1.31. The van der Waals surface area contributed by atoms with Crippen molar-refractivity contribution >= 4 is 17.5 Å². The van der Waals surface area contributed by atoms with Gasteiger partial charge in [0.1, 0.15) is 0 Å². The molecule has 1 unspecified atom stereocenters. The maximum atomic E-state index is 11.8. The number of rotatable bonds is 4. The predicted molar refractivity (Wildman–Crippen MR) is 68.1 cm³/mol. The van der Waals surface area contributed by atoms with E-state index < -0.39 is 0 Å². The van der Waals surface area contributed by atoms with Crippen LogP contribution in [0.5, 0.6) is 0 Å². The van der Waals surface area contributed by atoms with Crippen molar-refractivity contribution in [1.29, 1.82) is 0 Å². The second-order valence-electron chi connectivity index (χ2n) is 4.27. The van der Waals surface area contributed by atoms with E-state index in [1.165, 1.54) is 5.56 Å². The highest BCUT2D eigenvalue weighted by atomic mass is 35.5. The quantitative estimate of drug-likeness (QED) is 0.805. The van der Waals surface area contributed by atoms with E-state index in [-0.39, 0.29) is 5.91 Å². The second kappa shape index (κ2) is 5.90. The number of carbonyl (C=O) groups excluding carboxylic acids is 1. The molecule has 88 valence electrons. The maximum absolute atomic E-state index is 11.8. The van der Waals surface area contributed by atoms with Gasteiger partial charge in [-0.15, -0.1) is 11.6 Å². The molecule has 0 heterocycles. The number of amides is 1. The molecule has 1 atom stereocenters. The Morgan fingerprint density at radius 1 is 1.38 bits per heavy atom. The molecular formula is C13H18ClNO. The highest BCUT2D eigenvalue weighted by Gasteiger charge is 2.07. The summed E-state index contributed by atoms with van der Waals surface area (Å²) in [6, 6.07) is 5.73. The largest absolute Gasteiger partial charge is 0.352 e. The Kier molecular flexibility index (Phi) is 4.81. The highest BCUT2D eigenvalue weighted by Crippen LogP contribution is 2.09. The van der Waals surface area contributed by atoms with E-state index in [0.29, 0.717) is 23.9 Å². The van der Waals surface area contributed by atoms with Crippen LogP contribution in [-0.2, 0) is 0 Å². The lowest BCUT2D eigenvalue weighted by Crippen LogP contribution is -2.28. The van der Waals surface area contributed by atoms with Gasteiger partial charge in [0.05, 0.1) is 0 Å². The van der Waals surface area contributed by atoms with Crippen molar-refractivity contribution in [3.8, 4) is 0 Å². The first-order valence-electron chi connectivity index (χ1n) is 5.46. The van der Waals surface area contributed by atoms with Gasteiger partial charge in [-0.2, -0.15) is 0 Å². The summed E-state index contributed by atoms with van der Waals surface area (Å²) >= 11 is 5.68. The van der Waals surface area contributed by atoms with Crippen molar-refractivity contribution in [3.63, 3.8) is 0 Å². The first kappa shape index (κ1) is 13.0. The van der Waals surface area contributed by atoms with Gasteiger partial charge in [-0.05, 0) is 43.0 Å². The Balaban J connectivity index is 2.63. The number of nitrogens with one attached hydrogen (secondary N) is 1. The Morgan fingerprint density at radius 2 is 2.06 bits per heavy atom. The van der Waals surface area contributed by atoms with E-state index in [0.717, 1.165) is 5.56 Å². The number of hydrogen-bond donors (Lipinski definition) is 1. The molecule has 1 amide bonds. The fraction of sp³-hybridized carbons (Fsp3) is 0.462. The van der Waals surface area contributed by atoms with E-state index in [1.807, 2.05) is 39.0 Å². The van der Waals surface area contributed by atoms with Crippen LogP contribution in [0.3, 0.4) is 0 Å². The van der Waals surface area contributed by atoms with Crippen LogP contribution in [0.15, 0.2) is 18.2 Å². The van der Waals surface area contributed by atoms with Crippen molar-refractivity contribution < 1.29 is 4.79 Å². The predicted octanol–water partition coefficient (Wildman–Crippen LogP) is 2.91. The van der Waals surface area contributed by atoms with Crippen LogP contribution in [0.2, 0.25) is 0 Å². The van der Waals surface area contributed by atoms with Crippen LogP contribution in [-0.4, -0.2) is 18.3 Å². The van der Waals surface area contributed by atoms with Crippen LogP contribution in [0.25, 0.3) is 0 Å². The number of aryl methyl sites for hydroxylation is 2. The average molecular weight is 240 g/mol. The molecule has 0 aromatic heterocycles. The monoisotopic (exact) mass is 239 g/mol. The van der Waals surface area contributed by atoms with E-state index in [1.54, 1.807) is 0 Å². The minimum Gasteiger partial charge on any atom is -0.352 e. The molecule has 0 fully saturated rings. The smallest absolute Gasteiger partial charge is 0.251 e. The first-order valence-corrected chi connectivity index (χ1v) is 5.99. The summed E-state index contributed by atoms with van der Waals surface area (Å²) < 4.78 is 0. The van der Waals surface area contributed by atoms with Crippen molar-refractivity contribution in [3.05, 3.63) is 34.9 Å². The Morgan fingerprint density at radius 3 is 2.62 bits per heavy atom. The van der Waals surface area contributed by atoms with Crippen LogP contribution < -0.4 is 5.32 Å². The van der Waals surface area contributed by atoms with Gasteiger partial charge < -0.3 is 5.32 Å². The summed E-state index contributed by atoms with van der Waals surface area (Å²) in [5.41, 5.74) is 3.05. The molecule has 1 rings (SSSR count). The number of carbonyl (C=O) groups is 1. The lowest BCUT2D eigenvalue weighted by Gasteiger charge is -2.10. The standard InChI is InChI=1S/C13H18ClNO/c1-9(7-14)8-15-13(16)12-5-4-10(2)11(3)6-12/h4-6,9H,7-8H2,1-3H3,(H,15,16).